The number of anilines is 1. The monoisotopic (exact) mass is 483 g/mol. The molecule has 1 saturated heterocycles. The molecule has 1 amide bonds. The standard InChI is InChI=1S/C22H19F6N5O/c23-21(24,25)14-4-3-5-16(12-14)33-19(22(26,27)28)17(13-30-33)20(34)31-15-7-10-32(11-8-15)18-6-1-2-9-29-18/h1-6,9,12-13,15H,7-8,10-11H2,(H,31,34). The fraction of sp³-hybridized carbons (Fsp3) is 0.318. The van der Waals surface area contributed by atoms with Gasteiger partial charge in [0.25, 0.3) is 5.91 Å². The maximum atomic E-state index is 13.9. The van der Waals surface area contributed by atoms with E-state index >= 15 is 0 Å². The van der Waals surface area contributed by atoms with Gasteiger partial charge in [0, 0.05) is 25.3 Å². The summed E-state index contributed by atoms with van der Waals surface area (Å²) in [7, 11) is 0. The highest BCUT2D eigenvalue weighted by molar-refractivity contribution is 5.95. The van der Waals surface area contributed by atoms with Crippen LogP contribution in [0.25, 0.3) is 5.69 Å². The zero-order chi connectivity index (χ0) is 24.5. The first-order valence-electron chi connectivity index (χ1n) is 10.3. The summed E-state index contributed by atoms with van der Waals surface area (Å²) < 4.78 is 81.0. The molecule has 1 aromatic carbocycles. The van der Waals surface area contributed by atoms with Gasteiger partial charge >= 0.3 is 12.4 Å². The van der Waals surface area contributed by atoms with Crippen LogP contribution in [0.1, 0.15) is 34.5 Å². The van der Waals surface area contributed by atoms with Crippen LogP contribution in [0.2, 0.25) is 0 Å². The number of carbonyl (C=O) groups is 1. The van der Waals surface area contributed by atoms with Gasteiger partial charge in [-0.15, -0.1) is 0 Å². The molecule has 34 heavy (non-hydrogen) atoms. The van der Waals surface area contributed by atoms with Crippen molar-refractivity contribution in [3.8, 4) is 5.69 Å². The van der Waals surface area contributed by atoms with Crippen molar-refractivity contribution >= 4 is 11.7 Å². The lowest BCUT2D eigenvalue weighted by molar-refractivity contribution is -0.143. The highest BCUT2D eigenvalue weighted by Crippen LogP contribution is 2.35. The van der Waals surface area contributed by atoms with Crippen molar-refractivity contribution in [2.45, 2.75) is 31.2 Å². The van der Waals surface area contributed by atoms with Gasteiger partial charge < -0.3 is 10.2 Å². The maximum Gasteiger partial charge on any atom is 0.434 e. The number of benzene rings is 1. The minimum Gasteiger partial charge on any atom is -0.356 e. The van der Waals surface area contributed by atoms with Crippen molar-refractivity contribution in [3.63, 3.8) is 0 Å². The van der Waals surface area contributed by atoms with Crippen LogP contribution >= 0.6 is 0 Å². The van der Waals surface area contributed by atoms with Crippen molar-refractivity contribution < 1.29 is 31.1 Å². The molecule has 180 valence electrons. The molecule has 1 N–H and O–H groups in total. The first kappa shape index (κ1) is 23.6. The molecule has 6 nitrogen and oxygen atoms in total. The summed E-state index contributed by atoms with van der Waals surface area (Å²) in [5.74, 6) is -0.212. The average Bonchev–Trinajstić information content (AvgIpc) is 3.26. The van der Waals surface area contributed by atoms with Gasteiger partial charge in [0.2, 0.25) is 0 Å². The highest BCUT2D eigenvalue weighted by Gasteiger charge is 2.41. The SMILES string of the molecule is O=C(NC1CCN(c2ccccn2)CC1)c1cnn(-c2cccc(C(F)(F)F)c2)c1C(F)(F)F. The van der Waals surface area contributed by atoms with E-state index in [9.17, 15) is 31.1 Å². The van der Waals surface area contributed by atoms with Crippen molar-refractivity contribution in [2.24, 2.45) is 0 Å². The molecule has 3 heterocycles. The number of amides is 1. The minimum absolute atomic E-state index is 0.313. The number of hydrogen-bond acceptors (Lipinski definition) is 4. The molecule has 0 atom stereocenters. The Hall–Kier alpha value is -3.57. The largest absolute Gasteiger partial charge is 0.434 e. The molecule has 2 aromatic heterocycles. The Morgan fingerprint density at radius 3 is 2.32 bits per heavy atom. The molecule has 0 aliphatic carbocycles. The van der Waals surface area contributed by atoms with E-state index in [2.05, 4.69) is 15.4 Å². The normalized spacial score (nSPS) is 15.4. The molecule has 1 aliphatic heterocycles. The van der Waals surface area contributed by atoms with E-state index in [1.165, 1.54) is 0 Å². The summed E-state index contributed by atoms with van der Waals surface area (Å²) >= 11 is 0. The summed E-state index contributed by atoms with van der Waals surface area (Å²) in [6.45, 7) is 1.11. The third-order valence-corrected chi connectivity index (χ3v) is 5.50. The molecule has 0 radical (unpaired) electrons. The smallest absolute Gasteiger partial charge is 0.356 e. The Labute approximate surface area is 190 Å². The zero-order valence-electron chi connectivity index (χ0n) is 17.6. The van der Waals surface area contributed by atoms with Gasteiger partial charge in [-0.2, -0.15) is 31.4 Å². The topological polar surface area (TPSA) is 63.1 Å². The average molecular weight is 483 g/mol. The highest BCUT2D eigenvalue weighted by atomic mass is 19.4. The molecule has 0 spiro atoms. The number of rotatable bonds is 4. The number of alkyl halides is 6. The summed E-state index contributed by atoms with van der Waals surface area (Å²) in [4.78, 5) is 19.0. The predicted molar refractivity (Wildman–Crippen MR) is 111 cm³/mol. The Kier molecular flexibility index (Phi) is 6.24. The fourth-order valence-electron chi connectivity index (χ4n) is 3.85. The number of hydrogen-bond donors (Lipinski definition) is 1. The van der Waals surface area contributed by atoms with E-state index < -0.39 is 40.8 Å². The molecule has 0 bridgehead atoms. The van der Waals surface area contributed by atoms with Gasteiger partial charge in [-0.1, -0.05) is 12.1 Å². The lowest BCUT2D eigenvalue weighted by atomic mass is 10.0. The number of halogens is 6. The van der Waals surface area contributed by atoms with Crippen molar-refractivity contribution in [1.29, 1.82) is 0 Å². The third-order valence-electron chi connectivity index (χ3n) is 5.50. The van der Waals surface area contributed by atoms with Gasteiger partial charge in [-0.3, -0.25) is 4.79 Å². The van der Waals surface area contributed by atoms with E-state index in [-0.39, 0.29) is 6.04 Å². The molecule has 1 fully saturated rings. The predicted octanol–water partition coefficient (Wildman–Crippen LogP) is 4.70. The molecule has 4 rings (SSSR count). The van der Waals surface area contributed by atoms with Crippen molar-refractivity contribution in [2.75, 3.05) is 18.0 Å². The second-order valence-electron chi connectivity index (χ2n) is 7.79. The Morgan fingerprint density at radius 2 is 1.71 bits per heavy atom. The van der Waals surface area contributed by atoms with Gasteiger partial charge in [0.15, 0.2) is 5.69 Å². The number of piperidine rings is 1. The van der Waals surface area contributed by atoms with E-state index in [1.807, 2.05) is 17.0 Å². The summed E-state index contributed by atoms with van der Waals surface area (Å²) in [6.07, 6.45) is -6.41. The summed E-state index contributed by atoms with van der Waals surface area (Å²) in [5, 5.41) is 6.19. The Bertz CT molecular complexity index is 1150. The molecular weight excluding hydrogens is 464 g/mol. The number of pyridine rings is 1. The van der Waals surface area contributed by atoms with Crippen LogP contribution in [0.3, 0.4) is 0 Å². The van der Waals surface area contributed by atoms with Crippen LogP contribution in [0, 0.1) is 0 Å². The third kappa shape index (κ3) is 5.00. The number of aromatic nitrogens is 3. The first-order valence-corrected chi connectivity index (χ1v) is 10.3. The fourth-order valence-corrected chi connectivity index (χ4v) is 3.85. The van der Waals surface area contributed by atoms with E-state index in [0.717, 1.165) is 30.2 Å². The Balaban J connectivity index is 1.54. The van der Waals surface area contributed by atoms with Crippen molar-refractivity contribution in [3.05, 3.63) is 71.7 Å². The number of carbonyl (C=O) groups excluding carboxylic acids is 1. The van der Waals surface area contributed by atoms with Crippen LogP contribution in [0.5, 0.6) is 0 Å². The van der Waals surface area contributed by atoms with Crippen LogP contribution in [-0.4, -0.2) is 39.8 Å². The second-order valence-corrected chi connectivity index (χ2v) is 7.79. The summed E-state index contributed by atoms with van der Waals surface area (Å²) in [6, 6.07) is 8.44. The molecule has 12 heteroatoms. The lowest BCUT2D eigenvalue weighted by Crippen LogP contribution is -2.45. The van der Waals surface area contributed by atoms with Crippen LogP contribution in [0.4, 0.5) is 32.2 Å². The molecule has 0 unspecified atom stereocenters. The van der Waals surface area contributed by atoms with Gasteiger partial charge in [0.05, 0.1) is 23.0 Å². The molecule has 0 saturated carbocycles. The lowest BCUT2D eigenvalue weighted by Gasteiger charge is -2.33. The summed E-state index contributed by atoms with van der Waals surface area (Å²) in [5.41, 5.74) is -3.77. The quantitative estimate of drug-likeness (QED) is 0.547. The zero-order valence-corrected chi connectivity index (χ0v) is 17.6. The van der Waals surface area contributed by atoms with Crippen LogP contribution < -0.4 is 10.2 Å². The van der Waals surface area contributed by atoms with Crippen LogP contribution in [0.15, 0.2) is 54.9 Å². The molecular formula is C22H19F6N5O. The maximum absolute atomic E-state index is 13.9. The van der Waals surface area contributed by atoms with Crippen molar-refractivity contribution in [1.82, 2.24) is 20.1 Å². The first-order chi connectivity index (χ1) is 16.0. The van der Waals surface area contributed by atoms with E-state index in [0.29, 0.717) is 36.7 Å². The number of nitrogens with zero attached hydrogens (tertiary/aromatic N) is 4. The molecule has 3 aromatic rings. The van der Waals surface area contributed by atoms with Gasteiger partial charge in [0.1, 0.15) is 5.82 Å². The Morgan fingerprint density at radius 1 is 0.971 bits per heavy atom. The molecule has 1 aliphatic rings. The minimum atomic E-state index is -5.03. The number of nitrogens with one attached hydrogen (secondary N) is 1. The van der Waals surface area contributed by atoms with Gasteiger partial charge in [-0.05, 0) is 43.2 Å². The second kappa shape index (κ2) is 8.99. The van der Waals surface area contributed by atoms with Crippen LogP contribution in [-0.2, 0) is 12.4 Å². The van der Waals surface area contributed by atoms with E-state index in [4.69, 9.17) is 0 Å². The van der Waals surface area contributed by atoms with Gasteiger partial charge in [-0.25, -0.2) is 9.67 Å². The van der Waals surface area contributed by atoms with E-state index in [1.54, 1.807) is 12.3 Å².